The molecule has 0 radical (unpaired) electrons. The highest BCUT2D eigenvalue weighted by atomic mass is 32.1. The van der Waals surface area contributed by atoms with Crippen molar-refractivity contribution in [2.24, 2.45) is 10.9 Å². The Morgan fingerprint density at radius 1 is 1.48 bits per heavy atom. The van der Waals surface area contributed by atoms with Crippen LogP contribution in [0.5, 0.6) is 0 Å². The Hall–Kier alpha value is -2.08. The number of aromatic nitrogens is 1. The number of pyridine rings is 1. The molecule has 2 heterocycles. The van der Waals surface area contributed by atoms with Crippen LogP contribution in [0.4, 0.5) is 5.82 Å². The van der Waals surface area contributed by atoms with Crippen molar-refractivity contribution in [3.63, 3.8) is 0 Å². The maximum absolute atomic E-state index is 8.86. The lowest BCUT2D eigenvalue weighted by Crippen LogP contribution is -2.31. The number of anilines is 1. The van der Waals surface area contributed by atoms with Gasteiger partial charge >= 0.3 is 0 Å². The minimum absolute atomic E-state index is 0.0987. The topological polar surface area (TPSA) is 74.7 Å². The third-order valence-electron chi connectivity index (χ3n) is 3.17. The molecule has 3 N–H and O–H groups in total. The van der Waals surface area contributed by atoms with Crippen LogP contribution in [-0.2, 0) is 6.54 Å². The maximum atomic E-state index is 8.86. The van der Waals surface area contributed by atoms with Crippen molar-refractivity contribution in [1.82, 2.24) is 4.98 Å². The summed E-state index contributed by atoms with van der Waals surface area (Å²) < 4.78 is 0. The smallest absolute Gasteiger partial charge is 0.170 e. The van der Waals surface area contributed by atoms with Crippen molar-refractivity contribution in [3.8, 4) is 0 Å². The molecule has 0 saturated heterocycles. The number of nitrogens with two attached hydrogens (primary N) is 1. The van der Waals surface area contributed by atoms with Crippen molar-refractivity contribution in [2.45, 2.75) is 33.4 Å². The maximum Gasteiger partial charge on any atom is 0.170 e. The number of aryl methyl sites for hydroxylation is 1. The van der Waals surface area contributed by atoms with Gasteiger partial charge in [-0.05, 0) is 44.4 Å². The lowest BCUT2D eigenvalue weighted by Gasteiger charge is -2.28. The van der Waals surface area contributed by atoms with Crippen LogP contribution in [-0.4, -0.2) is 22.1 Å². The second kappa shape index (κ2) is 6.58. The molecule has 112 valence electrons. The van der Waals surface area contributed by atoms with Gasteiger partial charge in [0.1, 0.15) is 5.82 Å². The van der Waals surface area contributed by atoms with Gasteiger partial charge in [-0.15, -0.1) is 11.3 Å². The molecule has 2 aromatic heterocycles. The Kier molecular flexibility index (Phi) is 4.80. The summed E-state index contributed by atoms with van der Waals surface area (Å²) in [7, 11) is 0. The highest BCUT2D eigenvalue weighted by Gasteiger charge is 2.15. The Labute approximate surface area is 128 Å². The molecule has 0 aromatic carbocycles. The van der Waals surface area contributed by atoms with E-state index in [0.717, 1.165) is 18.1 Å². The van der Waals surface area contributed by atoms with Gasteiger partial charge < -0.3 is 15.8 Å². The van der Waals surface area contributed by atoms with Gasteiger partial charge in [0.05, 0.1) is 6.54 Å². The zero-order chi connectivity index (χ0) is 15.4. The highest BCUT2D eigenvalue weighted by Crippen LogP contribution is 2.22. The molecule has 0 spiro atoms. The van der Waals surface area contributed by atoms with Crippen LogP contribution in [0.2, 0.25) is 0 Å². The van der Waals surface area contributed by atoms with Gasteiger partial charge in [0.2, 0.25) is 0 Å². The van der Waals surface area contributed by atoms with E-state index in [1.165, 1.54) is 4.88 Å². The molecule has 0 atom stereocenters. The molecule has 2 aromatic rings. The molecular formula is C15H20N4OS. The van der Waals surface area contributed by atoms with Gasteiger partial charge in [-0.25, -0.2) is 4.98 Å². The van der Waals surface area contributed by atoms with Gasteiger partial charge in [0, 0.05) is 22.2 Å². The van der Waals surface area contributed by atoms with Gasteiger partial charge in [0.15, 0.2) is 5.84 Å². The fraction of sp³-hybridized carbons (Fsp3) is 0.333. The molecule has 21 heavy (non-hydrogen) atoms. The molecular weight excluding hydrogens is 284 g/mol. The van der Waals surface area contributed by atoms with Crippen LogP contribution in [0.3, 0.4) is 0 Å². The van der Waals surface area contributed by atoms with Crippen molar-refractivity contribution in [2.75, 3.05) is 4.90 Å². The highest BCUT2D eigenvalue weighted by molar-refractivity contribution is 7.09. The predicted molar refractivity (Wildman–Crippen MR) is 87.1 cm³/mol. The first-order chi connectivity index (χ1) is 10.0. The molecule has 0 amide bonds. The Bertz CT molecular complexity index is 623. The zero-order valence-electron chi connectivity index (χ0n) is 12.4. The van der Waals surface area contributed by atoms with Crippen molar-refractivity contribution in [3.05, 3.63) is 45.8 Å². The summed E-state index contributed by atoms with van der Waals surface area (Å²) in [4.78, 5) is 8.07. The predicted octanol–water partition coefficient (Wildman–Crippen LogP) is 2.96. The average Bonchev–Trinajstić information content (AvgIpc) is 2.95. The van der Waals surface area contributed by atoms with Crippen molar-refractivity contribution < 1.29 is 5.21 Å². The molecule has 0 aliphatic carbocycles. The normalized spacial score (nSPS) is 11.9. The van der Waals surface area contributed by atoms with Crippen LogP contribution in [0.25, 0.3) is 0 Å². The first kappa shape index (κ1) is 15.3. The largest absolute Gasteiger partial charge is 0.409 e. The van der Waals surface area contributed by atoms with E-state index in [1.807, 2.05) is 25.1 Å². The number of hydrogen-bond donors (Lipinski definition) is 2. The van der Waals surface area contributed by atoms with E-state index in [-0.39, 0.29) is 5.84 Å². The van der Waals surface area contributed by atoms with Gasteiger partial charge in [-0.3, -0.25) is 0 Å². The Morgan fingerprint density at radius 2 is 2.24 bits per heavy atom. The zero-order valence-corrected chi connectivity index (χ0v) is 13.3. The van der Waals surface area contributed by atoms with Crippen LogP contribution >= 0.6 is 11.3 Å². The lowest BCUT2D eigenvalue weighted by molar-refractivity contribution is 0.318. The summed E-state index contributed by atoms with van der Waals surface area (Å²) in [6.45, 7) is 6.95. The van der Waals surface area contributed by atoms with Crippen LogP contribution in [0.1, 0.15) is 30.0 Å². The van der Waals surface area contributed by atoms with E-state index in [9.17, 15) is 0 Å². The standard InChI is InChI=1S/C15H20N4OS/c1-10(2)19(9-13-5-4-6-21-13)14-8-12(15(16)18-20)7-11(3)17-14/h4-8,10,20H,9H2,1-3H3,(H2,16,18). The van der Waals surface area contributed by atoms with Crippen molar-refractivity contribution >= 4 is 23.0 Å². The third kappa shape index (κ3) is 3.72. The van der Waals surface area contributed by atoms with E-state index >= 15 is 0 Å². The molecule has 0 fully saturated rings. The van der Waals surface area contributed by atoms with Crippen LogP contribution in [0.15, 0.2) is 34.8 Å². The lowest BCUT2D eigenvalue weighted by atomic mass is 10.2. The van der Waals surface area contributed by atoms with Gasteiger partial charge in [-0.2, -0.15) is 0 Å². The fourth-order valence-corrected chi connectivity index (χ4v) is 2.81. The number of oxime groups is 1. The van der Waals surface area contributed by atoms with Gasteiger partial charge in [0.25, 0.3) is 0 Å². The first-order valence-corrected chi connectivity index (χ1v) is 7.65. The number of nitrogens with zero attached hydrogens (tertiary/aromatic N) is 3. The van der Waals surface area contributed by atoms with Crippen LogP contribution in [0, 0.1) is 6.92 Å². The fourth-order valence-electron chi connectivity index (χ4n) is 2.10. The SMILES string of the molecule is Cc1cc(/C(N)=N/O)cc(N(Cc2cccs2)C(C)C)n1. The Balaban J connectivity index is 2.38. The van der Waals surface area contributed by atoms with E-state index in [1.54, 1.807) is 11.3 Å². The number of hydrogen-bond acceptors (Lipinski definition) is 5. The molecule has 0 bridgehead atoms. The van der Waals surface area contributed by atoms with E-state index < -0.39 is 0 Å². The minimum Gasteiger partial charge on any atom is -0.409 e. The average molecular weight is 304 g/mol. The van der Waals surface area contributed by atoms with E-state index in [4.69, 9.17) is 10.9 Å². The summed E-state index contributed by atoms with van der Waals surface area (Å²) in [6, 6.07) is 8.11. The third-order valence-corrected chi connectivity index (χ3v) is 4.03. The molecule has 6 heteroatoms. The first-order valence-electron chi connectivity index (χ1n) is 6.77. The summed E-state index contributed by atoms with van der Waals surface area (Å²) in [5, 5.41) is 14.0. The molecule has 5 nitrogen and oxygen atoms in total. The summed E-state index contributed by atoms with van der Waals surface area (Å²) in [6.07, 6.45) is 0. The molecule has 0 unspecified atom stereocenters. The Morgan fingerprint density at radius 3 is 2.81 bits per heavy atom. The molecule has 2 rings (SSSR count). The number of thiophene rings is 1. The summed E-state index contributed by atoms with van der Waals surface area (Å²) >= 11 is 1.72. The quantitative estimate of drug-likeness (QED) is 0.385. The number of amidine groups is 1. The monoisotopic (exact) mass is 304 g/mol. The second-order valence-electron chi connectivity index (χ2n) is 5.14. The second-order valence-corrected chi connectivity index (χ2v) is 6.17. The van der Waals surface area contributed by atoms with Crippen molar-refractivity contribution in [1.29, 1.82) is 0 Å². The van der Waals surface area contributed by atoms with Gasteiger partial charge in [-0.1, -0.05) is 11.2 Å². The van der Waals surface area contributed by atoms with E-state index in [0.29, 0.717) is 11.6 Å². The molecule has 0 saturated carbocycles. The summed E-state index contributed by atoms with van der Waals surface area (Å²) in [5.41, 5.74) is 7.22. The summed E-state index contributed by atoms with van der Waals surface area (Å²) in [5.74, 6) is 0.932. The molecule has 0 aliphatic heterocycles. The van der Waals surface area contributed by atoms with Crippen LogP contribution < -0.4 is 10.6 Å². The minimum atomic E-state index is 0.0987. The van der Waals surface area contributed by atoms with E-state index in [2.05, 4.69) is 40.3 Å². The number of rotatable bonds is 5. The molecule has 0 aliphatic rings.